The first-order valence-electron chi connectivity index (χ1n) is 6.85. The maximum Gasteiger partial charge on any atom is 0.231 e. The standard InChI is InChI=1S/C17H13ClN2O3/c1-17(22,12-3-2-4-14(18)5-12)13-6-15(23-9-13)16(21)11-7-19-10-20-8-11/h2-10,22H,1H3/t17-/m0/s1. The molecular weight excluding hydrogens is 316 g/mol. The number of aromatic nitrogens is 2. The van der Waals surface area contributed by atoms with Gasteiger partial charge in [0.15, 0.2) is 5.76 Å². The lowest BCUT2D eigenvalue weighted by molar-refractivity contribution is 0.100. The van der Waals surface area contributed by atoms with Crippen molar-refractivity contribution >= 4 is 17.4 Å². The van der Waals surface area contributed by atoms with Gasteiger partial charge in [0.2, 0.25) is 5.78 Å². The van der Waals surface area contributed by atoms with Crippen molar-refractivity contribution in [2.24, 2.45) is 0 Å². The Bertz CT molecular complexity index is 844. The number of carbonyl (C=O) groups is 1. The molecule has 1 aromatic carbocycles. The summed E-state index contributed by atoms with van der Waals surface area (Å²) in [7, 11) is 0. The molecule has 2 aromatic heterocycles. The van der Waals surface area contributed by atoms with Crippen molar-refractivity contribution in [3.63, 3.8) is 0 Å². The Kier molecular flexibility index (Phi) is 3.98. The van der Waals surface area contributed by atoms with Crippen LogP contribution in [0.25, 0.3) is 0 Å². The van der Waals surface area contributed by atoms with Crippen LogP contribution >= 0.6 is 11.6 Å². The second-order valence-corrected chi connectivity index (χ2v) is 5.67. The number of aliphatic hydroxyl groups is 1. The molecule has 3 aromatic rings. The van der Waals surface area contributed by atoms with Crippen molar-refractivity contribution in [1.82, 2.24) is 9.97 Å². The Labute approximate surface area is 137 Å². The minimum absolute atomic E-state index is 0.108. The molecule has 1 atom stereocenters. The number of carbonyl (C=O) groups excluding carboxylic acids is 1. The third kappa shape index (κ3) is 3.02. The quantitative estimate of drug-likeness (QED) is 0.744. The second kappa shape index (κ2) is 5.95. The lowest BCUT2D eigenvalue weighted by Gasteiger charge is -2.22. The Morgan fingerprint density at radius 1 is 1.22 bits per heavy atom. The van der Waals surface area contributed by atoms with E-state index in [-0.39, 0.29) is 11.5 Å². The largest absolute Gasteiger partial charge is 0.460 e. The van der Waals surface area contributed by atoms with Crippen LogP contribution in [0.2, 0.25) is 5.02 Å². The fraction of sp³-hybridized carbons (Fsp3) is 0.118. The van der Waals surface area contributed by atoms with Gasteiger partial charge in [-0.3, -0.25) is 4.79 Å². The van der Waals surface area contributed by atoms with Gasteiger partial charge in [-0.2, -0.15) is 0 Å². The molecular formula is C17H13ClN2O3. The van der Waals surface area contributed by atoms with E-state index < -0.39 is 5.60 Å². The van der Waals surface area contributed by atoms with Crippen LogP contribution in [-0.4, -0.2) is 20.9 Å². The fourth-order valence-electron chi connectivity index (χ4n) is 2.23. The van der Waals surface area contributed by atoms with Gasteiger partial charge in [0, 0.05) is 23.0 Å². The Morgan fingerprint density at radius 3 is 2.65 bits per heavy atom. The molecule has 2 heterocycles. The topological polar surface area (TPSA) is 76.2 Å². The predicted molar refractivity (Wildman–Crippen MR) is 84.3 cm³/mol. The second-order valence-electron chi connectivity index (χ2n) is 5.24. The zero-order chi connectivity index (χ0) is 16.4. The summed E-state index contributed by atoms with van der Waals surface area (Å²) in [5.74, 6) is -0.240. The van der Waals surface area contributed by atoms with Crippen LogP contribution in [0.5, 0.6) is 0 Å². The molecule has 0 fully saturated rings. The highest BCUT2D eigenvalue weighted by Gasteiger charge is 2.29. The molecule has 23 heavy (non-hydrogen) atoms. The van der Waals surface area contributed by atoms with E-state index in [9.17, 15) is 9.90 Å². The molecule has 0 aliphatic carbocycles. The van der Waals surface area contributed by atoms with Gasteiger partial charge in [-0.05, 0) is 30.7 Å². The molecule has 0 bridgehead atoms. The molecule has 0 unspecified atom stereocenters. The van der Waals surface area contributed by atoms with Gasteiger partial charge in [0.25, 0.3) is 0 Å². The normalized spacial score (nSPS) is 13.5. The number of benzene rings is 1. The van der Waals surface area contributed by atoms with E-state index in [1.54, 1.807) is 31.2 Å². The Balaban J connectivity index is 1.94. The van der Waals surface area contributed by atoms with E-state index >= 15 is 0 Å². The highest BCUT2D eigenvalue weighted by Crippen LogP contribution is 2.32. The van der Waals surface area contributed by atoms with Crippen molar-refractivity contribution in [3.8, 4) is 0 Å². The number of rotatable bonds is 4. The molecule has 0 saturated carbocycles. The summed E-state index contributed by atoms with van der Waals surface area (Å²) in [6.07, 6.45) is 5.52. The highest BCUT2D eigenvalue weighted by molar-refractivity contribution is 6.30. The Hall–Kier alpha value is -2.50. The Morgan fingerprint density at radius 2 is 1.96 bits per heavy atom. The predicted octanol–water partition coefficient (Wildman–Crippen LogP) is 3.21. The van der Waals surface area contributed by atoms with Gasteiger partial charge < -0.3 is 9.52 Å². The van der Waals surface area contributed by atoms with E-state index in [4.69, 9.17) is 16.0 Å². The molecule has 116 valence electrons. The van der Waals surface area contributed by atoms with Crippen LogP contribution in [-0.2, 0) is 5.60 Å². The van der Waals surface area contributed by atoms with Crippen LogP contribution in [0.1, 0.15) is 34.2 Å². The van der Waals surface area contributed by atoms with Gasteiger partial charge in [0.05, 0.1) is 11.8 Å². The molecule has 0 spiro atoms. The van der Waals surface area contributed by atoms with E-state index in [1.165, 1.54) is 31.1 Å². The van der Waals surface area contributed by atoms with Gasteiger partial charge >= 0.3 is 0 Å². The summed E-state index contributed by atoms with van der Waals surface area (Å²) in [4.78, 5) is 19.9. The number of hydrogen-bond donors (Lipinski definition) is 1. The maximum absolute atomic E-state index is 12.3. The molecule has 1 N–H and O–H groups in total. The zero-order valence-corrected chi connectivity index (χ0v) is 13.0. The first-order valence-corrected chi connectivity index (χ1v) is 7.23. The molecule has 0 amide bonds. The average molecular weight is 329 g/mol. The summed E-state index contributed by atoms with van der Waals surface area (Å²) in [5, 5.41) is 11.3. The van der Waals surface area contributed by atoms with Crippen molar-refractivity contribution in [2.45, 2.75) is 12.5 Å². The summed E-state index contributed by atoms with van der Waals surface area (Å²) in [6, 6.07) is 8.41. The molecule has 3 rings (SSSR count). The van der Waals surface area contributed by atoms with Crippen LogP contribution in [0.15, 0.2) is 59.7 Å². The lowest BCUT2D eigenvalue weighted by atomic mass is 9.90. The van der Waals surface area contributed by atoms with Crippen molar-refractivity contribution in [2.75, 3.05) is 0 Å². The summed E-state index contributed by atoms with van der Waals surface area (Å²) >= 11 is 5.97. The molecule has 0 aliphatic heterocycles. The molecule has 5 nitrogen and oxygen atoms in total. The highest BCUT2D eigenvalue weighted by atomic mass is 35.5. The van der Waals surface area contributed by atoms with Gasteiger partial charge in [-0.15, -0.1) is 0 Å². The van der Waals surface area contributed by atoms with Crippen molar-refractivity contribution < 1.29 is 14.3 Å². The van der Waals surface area contributed by atoms with Crippen molar-refractivity contribution in [1.29, 1.82) is 0 Å². The molecule has 0 saturated heterocycles. The van der Waals surface area contributed by atoms with Gasteiger partial charge in [-0.25, -0.2) is 9.97 Å². The monoisotopic (exact) mass is 328 g/mol. The SMILES string of the molecule is C[C@](O)(c1cccc(Cl)c1)c1coc(C(=O)c2cncnc2)c1. The smallest absolute Gasteiger partial charge is 0.231 e. The molecule has 0 radical (unpaired) electrons. The van der Waals surface area contributed by atoms with E-state index in [0.29, 0.717) is 21.7 Å². The minimum Gasteiger partial charge on any atom is -0.460 e. The molecule has 0 aliphatic rings. The van der Waals surface area contributed by atoms with E-state index in [0.717, 1.165) is 0 Å². The van der Waals surface area contributed by atoms with Gasteiger partial charge in [-0.1, -0.05) is 23.7 Å². The number of halogens is 1. The van der Waals surface area contributed by atoms with E-state index in [2.05, 4.69) is 9.97 Å². The number of nitrogens with zero attached hydrogens (tertiary/aromatic N) is 2. The molecule has 6 heteroatoms. The maximum atomic E-state index is 12.3. The lowest BCUT2D eigenvalue weighted by Crippen LogP contribution is -2.22. The summed E-state index contributed by atoms with van der Waals surface area (Å²) in [5.41, 5.74) is 0.0451. The average Bonchev–Trinajstić information content (AvgIpc) is 3.06. The van der Waals surface area contributed by atoms with Crippen LogP contribution in [0.4, 0.5) is 0 Å². The minimum atomic E-state index is -1.33. The van der Waals surface area contributed by atoms with Gasteiger partial charge in [0.1, 0.15) is 11.9 Å². The first-order chi connectivity index (χ1) is 11.0. The summed E-state index contributed by atoms with van der Waals surface area (Å²) in [6.45, 7) is 1.61. The number of furan rings is 1. The third-order valence-electron chi connectivity index (χ3n) is 3.59. The number of ketones is 1. The fourth-order valence-corrected chi connectivity index (χ4v) is 2.42. The zero-order valence-electron chi connectivity index (χ0n) is 12.2. The van der Waals surface area contributed by atoms with Crippen molar-refractivity contribution in [3.05, 3.63) is 82.8 Å². The van der Waals surface area contributed by atoms with Crippen LogP contribution < -0.4 is 0 Å². The van der Waals surface area contributed by atoms with E-state index in [1.807, 2.05) is 0 Å². The number of hydrogen-bond acceptors (Lipinski definition) is 5. The summed E-state index contributed by atoms with van der Waals surface area (Å²) < 4.78 is 5.32. The van der Waals surface area contributed by atoms with Crippen LogP contribution in [0, 0.1) is 0 Å². The van der Waals surface area contributed by atoms with Crippen LogP contribution in [0.3, 0.4) is 0 Å². The first kappa shape index (κ1) is 15.4. The third-order valence-corrected chi connectivity index (χ3v) is 3.83.